The topological polar surface area (TPSA) is 42.0 Å². The molecule has 1 amide bonds. The summed E-state index contributed by atoms with van der Waals surface area (Å²) in [5.41, 5.74) is 3.01. The van der Waals surface area contributed by atoms with Gasteiger partial charge < -0.3 is 0 Å². The van der Waals surface area contributed by atoms with Crippen LogP contribution in [0.15, 0.2) is 24.3 Å². The number of hydrogen-bond acceptors (Lipinski definition) is 3. The van der Waals surface area contributed by atoms with Crippen molar-refractivity contribution in [2.75, 3.05) is 5.32 Å². The smallest absolute Gasteiger partial charge is 0.257 e. The van der Waals surface area contributed by atoms with E-state index in [9.17, 15) is 4.79 Å². The number of rotatable bonds is 2. The summed E-state index contributed by atoms with van der Waals surface area (Å²) in [7, 11) is 0. The molecule has 3 rings (SSSR count). The van der Waals surface area contributed by atoms with E-state index in [0.717, 1.165) is 23.5 Å². The molecule has 1 N–H and O–H groups in total. The van der Waals surface area contributed by atoms with Gasteiger partial charge in [0.1, 0.15) is 0 Å². The van der Waals surface area contributed by atoms with Crippen LogP contribution in [0.2, 0.25) is 0 Å². The van der Waals surface area contributed by atoms with Gasteiger partial charge in [-0.25, -0.2) is 4.98 Å². The lowest BCUT2D eigenvalue weighted by atomic mass is 10.0. The van der Waals surface area contributed by atoms with Crippen LogP contribution in [-0.4, -0.2) is 10.9 Å². The summed E-state index contributed by atoms with van der Waals surface area (Å²) < 4.78 is 0. The maximum absolute atomic E-state index is 12.1. The van der Waals surface area contributed by atoms with Crippen molar-refractivity contribution in [3.63, 3.8) is 0 Å². The molecule has 0 bridgehead atoms. The number of aryl methyl sites for hydroxylation is 3. The average Bonchev–Trinajstić information content (AvgIpc) is 2.81. The van der Waals surface area contributed by atoms with Crippen LogP contribution in [0.1, 0.15) is 39.3 Å². The van der Waals surface area contributed by atoms with Crippen LogP contribution in [0.25, 0.3) is 0 Å². The number of anilines is 1. The molecule has 2 aromatic rings. The van der Waals surface area contributed by atoms with Gasteiger partial charge in [0.15, 0.2) is 5.13 Å². The number of amides is 1. The highest BCUT2D eigenvalue weighted by molar-refractivity contribution is 7.15. The van der Waals surface area contributed by atoms with E-state index in [4.69, 9.17) is 0 Å². The van der Waals surface area contributed by atoms with E-state index in [2.05, 4.69) is 10.3 Å². The predicted molar refractivity (Wildman–Crippen MR) is 77.9 cm³/mol. The van der Waals surface area contributed by atoms with E-state index >= 15 is 0 Å². The quantitative estimate of drug-likeness (QED) is 0.908. The molecular formula is C15H16N2OS. The molecule has 98 valence electrons. The molecule has 0 atom stereocenters. The lowest BCUT2D eigenvalue weighted by Gasteiger charge is -2.06. The maximum Gasteiger partial charge on any atom is 0.257 e. The Kier molecular flexibility index (Phi) is 3.34. The number of thiazole rings is 1. The van der Waals surface area contributed by atoms with Crippen molar-refractivity contribution in [1.82, 2.24) is 4.98 Å². The zero-order chi connectivity index (χ0) is 13.2. The van der Waals surface area contributed by atoms with Gasteiger partial charge in [-0.1, -0.05) is 17.7 Å². The summed E-state index contributed by atoms with van der Waals surface area (Å²) in [4.78, 5) is 18.0. The summed E-state index contributed by atoms with van der Waals surface area (Å²) in [6.07, 6.45) is 4.60. The zero-order valence-corrected chi connectivity index (χ0v) is 11.7. The maximum atomic E-state index is 12.1. The second-order valence-corrected chi connectivity index (χ2v) is 6.00. The minimum absolute atomic E-state index is 0.0777. The molecule has 0 unspecified atom stereocenters. The first-order valence-electron chi connectivity index (χ1n) is 6.59. The Morgan fingerprint density at radius 2 is 1.95 bits per heavy atom. The molecule has 0 aliphatic heterocycles. The molecule has 19 heavy (non-hydrogen) atoms. The van der Waals surface area contributed by atoms with Gasteiger partial charge in [-0.05, 0) is 44.7 Å². The molecule has 1 aliphatic rings. The van der Waals surface area contributed by atoms with Crippen molar-refractivity contribution in [1.29, 1.82) is 0 Å². The van der Waals surface area contributed by atoms with E-state index < -0.39 is 0 Å². The molecule has 4 heteroatoms. The SMILES string of the molecule is Cc1ccc(C(=O)Nc2nc3c(s2)CCCC3)cc1. The van der Waals surface area contributed by atoms with Crippen LogP contribution in [0.4, 0.5) is 5.13 Å². The first-order valence-corrected chi connectivity index (χ1v) is 7.40. The van der Waals surface area contributed by atoms with Crippen LogP contribution < -0.4 is 5.32 Å². The Morgan fingerprint density at radius 3 is 2.68 bits per heavy atom. The monoisotopic (exact) mass is 272 g/mol. The van der Waals surface area contributed by atoms with Crippen LogP contribution in [0, 0.1) is 6.92 Å². The highest BCUT2D eigenvalue weighted by Crippen LogP contribution is 2.29. The highest BCUT2D eigenvalue weighted by Gasteiger charge is 2.16. The number of fused-ring (bicyclic) bond motifs is 1. The third-order valence-electron chi connectivity index (χ3n) is 3.38. The number of nitrogens with zero attached hydrogens (tertiary/aromatic N) is 1. The van der Waals surface area contributed by atoms with Crippen molar-refractivity contribution < 1.29 is 4.79 Å². The van der Waals surface area contributed by atoms with Gasteiger partial charge in [0, 0.05) is 10.4 Å². The lowest BCUT2D eigenvalue weighted by molar-refractivity contribution is 0.102. The fourth-order valence-corrected chi connectivity index (χ4v) is 3.32. The Labute approximate surface area is 116 Å². The zero-order valence-electron chi connectivity index (χ0n) is 10.9. The Hall–Kier alpha value is -1.68. The normalized spacial score (nSPS) is 13.9. The molecule has 0 saturated carbocycles. The first kappa shape index (κ1) is 12.4. The standard InChI is InChI=1S/C15H16N2OS/c1-10-6-8-11(9-7-10)14(18)17-15-16-12-4-2-3-5-13(12)19-15/h6-9H,2-5H2,1H3,(H,16,17,18). The molecule has 1 aromatic carbocycles. The van der Waals surface area contributed by atoms with Gasteiger partial charge in [-0.15, -0.1) is 11.3 Å². The van der Waals surface area contributed by atoms with Crippen LogP contribution in [-0.2, 0) is 12.8 Å². The second kappa shape index (κ2) is 5.13. The number of aromatic nitrogens is 1. The van der Waals surface area contributed by atoms with E-state index in [-0.39, 0.29) is 5.91 Å². The largest absolute Gasteiger partial charge is 0.298 e. The molecule has 3 nitrogen and oxygen atoms in total. The van der Waals surface area contributed by atoms with Crippen LogP contribution >= 0.6 is 11.3 Å². The molecule has 0 radical (unpaired) electrons. The van der Waals surface area contributed by atoms with Crippen molar-refractivity contribution >= 4 is 22.4 Å². The van der Waals surface area contributed by atoms with E-state index in [0.29, 0.717) is 5.56 Å². The molecule has 1 aromatic heterocycles. The van der Waals surface area contributed by atoms with Crippen molar-refractivity contribution in [3.8, 4) is 0 Å². The number of benzene rings is 1. The minimum Gasteiger partial charge on any atom is -0.298 e. The van der Waals surface area contributed by atoms with Crippen LogP contribution in [0.3, 0.4) is 0 Å². The number of carbonyl (C=O) groups excluding carboxylic acids is 1. The van der Waals surface area contributed by atoms with Gasteiger partial charge in [-0.2, -0.15) is 0 Å². The lowest BCUT2D eigenvalue weighted by Crippen LogP contribution is -2.11. The van der Waals surface area contributed by atoms with Crippen LogP contribution in [0.5, 0.6) is 0 Å². The van der Waals surface area contributed by atoms with Crippen molar-refractivity contribution in [3.05, 3.63) is 46.0 Å². The van der Waals surface area contributed by atoms with Gasteiger partial charge in [0.05, 0.1) is 5.69 Å². The van der Waals surface area contributed by atoms with E-state index in [1.807, 2.05) is 31.2 Å². The predicted octanol–water partition coefficient (Wildman–Crippen LogP) is 3.58. The Morgan fingerprint density at radius 1 is 1.21 bits per heavy atom. The fraction of sp³-hybridized carbons (Fsp3) is 0.333. The van der Waals surface area contributed by atoms with Gasteiger partial charge >= 0.3 is 0 Å². The molecule has 0 spiro atoms. The second-order valence-electron chi connectivity index (χ2n) is 4.92. The molecular weight excluding hydrogens is 256 g/mol. The molecule has 1 heterocycles. The third kappa shape index (κ3) is 2.68. The van der Waals surface area contributed by atoms with E-state index in [1.165, 1.54) is 23.4 Å². The summed E-state index contributed by atoms with van der Waals surface area (Å²) >= 11 is 1.62. The number of carbonyl (C=O) groups is 1. The molecule has 0 fully saturated rings. The highest BCUT2D eigenvalue weighted by atomic mass is 32.1. The molecule has 0 saturated heterocycles. The summed E-state index contributed by atoms with van der Waals surface area (Å²) in [5, 5.41) is 3.64. The first-order chi connectivity index (χ1) is 9.22. The molecule has 1 aliphatic carbocycles. The van der Waals surface area contributed by atoms with Crippen molar-refractivity contribution in [2.24, 2.45) is 0 Å². The van der Waals surface area contributed by atoms with E-state index in [1.54, 1.807) is 11.3 Å². The van der Waals surface area contributed by atoms with Gasteiger partial charge in [-0.3, -0.25) is 10.1 Å². The number of nitrogens with one attached hydrogen (secondary N) is 1. The fourth-order valence-electron chi connectivity index (χ4n) is 2.28. The van der Waals surface area contributed by atoms with Crippen molar-refractivity contribution in [2.45, 2.75) is 32.6 Å². The summed E-state index contributed by atoms with van der Waals surface area (Å²) in [6.45, 7) is 2.01. The third-order valence-corrected chi connectivity index (χ3v) is 4.45. The van der Waals surface area contributed by atoms with Gasteiger partial charge in [0.2, 0.25) is 0 Å². The Balaban J connectivity index is 1.75. The average molecular weight is 272 g/mol. The number of hydrogen-bond donors (Lipinski definition) is 1. The summed E-state index contributed by atoms with van der Waals surface area (Å²) in [5.74, 6) is -0.0777. The minimum atomic E-state index is -0.0777. The summed E-state index contributed by atoms with van der Waals surface area (Å²) in [6, 6.07) is 7.58. The van der Waals surface area contributed by atoms with Gasteiger partial charge in [0.25, 0.3) is 5.91 Å². The Bertz CT molecular complexity index is 578.